The van der Waals surface area contributed by atoms with E-state index in [1.54, 1.807) is 25.1 Å². The second-order valence-corrected chi connectivity index (χ2v) is 5.38. The Kier molecular flexibility index (Phi) is 6.40. The molecule has 24 heavy (non-hydrogen) atoms. The Balaban J connectivity index is 1.96. The van der Waals surface area contributed by atoms with Gasteiger partial charge < -0.3 is 14.8 Å². The summed E-state index contributed by atoms with van der Waals surface area (Å²) in [4.78, 5) is 27.9. The van der Waals surface area contributed by atoms with E-state index < -0.39 is 18.5 Å². The van der Waals surface area contributed by atoms with Crippen LogP contribution >= 0.6 is 23.2 Å². The number of ether oxygens (including phenoxy) is 2. The highest BCUT2D eigenvalue weighted by Crippen LogP contribution is 2.25. The van der Waals surface area contributed by atoms with Crippen LogP contribution in [0.15, 0.2) is 36.5 Å². The SMILES string of the molecule is CCOc1ncccc1C(=O)OCC(=O)Nc1cc(Cl)ccc1Cl. The van der Waals surface area contributed by atoms with Crippen molar-refractivity contribution in [1.29, 1.82) is 0 Å². The lowest BCUT2D eigenvalue weighted by atomic mass is 10.3. The van der Waals surface area contributed by atoms with Crippen LogP contribution in [0, 0.1) is 0 Å². The third-order valence-electron chi connectivity index (χ3n) is 2.81. The summed E-state index contributed by atoms with van der Waals surface area (Å²) in [7, 11) is 0. The van der Waals surface area contributed by atoms with E-state index in [-0.39, 0.29) is 11.4 Å². The molecule has 0 atom stereocenters. The van der Waals surface area contributed by atoms with Crippen LogP contribution in [0.25, 0.3) is 0 Å². The van der Waals surface area contributed by atoms with Gasteiger partial charge in [-0.2, -0.15) is 0 Å². The molecular weight excluding hydrogens is 355 g/mol. The van der Waals surface area contributed by atoms with Gasteiger partial charge in [0.2, 0.25) is 5.88 Å². The molecule has 0 aliphatic heterocycles. The van der Waals surface area contributed by atoms with E-state index in [0.29, 0.717) is 22.3 Å². The quantitative estimate of drug-likeness (QED) is 0.788. The summed E-state index contributed by atoms with van der Waals surface area (Å²) in [5, 5.41) is 3.26. The van der Waals surface area contributed by atoms with Gasteiger partial charge in [-0.25, -0.2) is 9.78 Å². The summed E-state index contributed by atoms with van der Waals surface area (Å²) in [5.74, 6) is -1.10. The Morgan fingerprint density at radius 3 is 2.79 bits per heavy atom. The van der Waals surface area contributed by atoms with Crippen molar-refractivity contribution in [3.63, 3.8) is 0 Å². The van der Waals surface area contributed by atoms with Crippen molar-refractivity contribution < 1.29 is 19.1 Å². The van der Waals surface area contributed by atoms with E-state index in [1.807, 2.05) is 0 Å². The normalized spacial score (nSPS) is 10.1. The molecule has 0 aliphatic rings. The molecule has 8 heteroatoms. The number of nitrogens with zero attached hydrogens (tertiary/aromatic N) is 1. The van der Waals surface area contributed by atoms with Crippen LogP contribution in [0.2, 0.25) is 10.0 Å². The lowest BCUT2D eigenvalue weighted by Gasteiger charge is -2.10. The third kappa shape index (κ3) is 4.84. The van der Waals surface area contributed by atoms with E-state index >= 15 is 0 Å². The van der Waals surface area contributed by atoms with Gasteiger partial charge in [-0.15, -0.1) is 0 Å². The van der Waals surface area contributed by atoms with Crippen LogP contribution in [0.1, 0.15) is 17.3 Å². The number of esters is 1. The number of amides is 1. The molecule has 0 radical (unpaired) electrons. The summed E-state index contributed by atoms with van der Waals surface area (Å²) in [6.07, 6.45) is 1.50. The minimum absolute atomic E-state index is 0.146. The number of hydrogen-bond donors (Lipinski definition) is 1. The Hall–Kier alpha value is -2.31. The third-order valence-corrected chi connectivity index (χ3v) is 3.37. The number of carbonyl (C=O) groups excluding carboxylic acids is 2. The van der Waals surface area contributed by atoms with Crippen molar-refractivity contribution in [2.24, 2.45) is 0 Å². The maximum atomic E-state index is 12.0. The fourth-order valence-corrected chi connectivity index (χ4v) is 2.12. The van der Waals surface area contributed by atoms with Gasteiger partial charge in [-0.05, 0) is 37.3 Å². The fraction of sp³-hybridized carbons (Fsp3) is 0.188. The lowest BCUT2D eigenvalue weighted by molar-refractivity contribution is -0.119. The van der Waals surface area contributed by atoms with Gasteiger partial charge in [0, 0.05) is 11.2 Å². The summed E-state index contributed by atoms with van der Waals surface area (Å²) < 4.78 is 10.2. The molecule has 2 aromatic rings. The second-order valence-electron chi connectivity index (χ2n) is 4.54. The average molecular weight is 369 g/mol. The van der Waals surface area contributed by atoms with Crippen LogP contribution in [-0.4, -0.2) is 30.1 Å². The Bertz CT molecular complexity index is 753. The van der Waals surface area contributed by atoms with E-state index in [2.05, 4.69) is 10.3 Å². The van der Waals surface area contributed by atoms with Gasteiger partial charge >= 0.3 is 5.97 Å². The number of rotatable bonds is 6. The van der Waals surface area contributed by atoms with Crippen molar-refractivity contribution in [3.05, 3.63) is 52.1 Å². The average Bonchev–Trinajstić information content (AvgIpc) is 2.57. The zero-order valence-corrected chi connectivity index (χ0v) is 14.2. The van der Waals surface area contributed by atoms with Crippen molar-refractivity contribution in [2.45, 2.75) is 6.92 Å². The molecule has 0 spiro atoms. The van der Waals surface area contributed by atoms with Gasteiger partial charge in [0.15, 0.2) is 6.61 Å². The van der Waals surface area contributed by atoms with E-state index in [9.17, 15) is 9.59 Å². The van der Waals surface area contributed by atoms with Gasteiger partial charge in [0.05, 0.1) is 17.3 Å². The molecule has 1 aromatic heterocycles. The molecule has 0 saturated heterocycles. The van der Waals surface area contributed by atoms with Crippen molar-refractivity contribution in [2.75, 3.05) is 18.5 Å². The topological polar surface area (TPSA) is 77.5 Å². The standard InChI is InChI=1S/C16H14Cl2N2O4/c1-2-23-15-11(4-3-7-19-15)16(22)24-9-14(21)20-13-8-10(17)5-6-12(13)18/h3-8H,2,9H2,1H3,(H,20,21). The highest BCUT2D eigenvalue weighted by Gasteiger charge is 2.16. The van der Waals surface area contributed by atoms with E-state index in [1.165, 1.54) is 18.3 Å². The van der Waals surface area contributed by atoms with E-state index in [4.69, 9.17) is 32.7 Å². The van der Waals surface area contributed by atoms with Gasteiger partial charge in [0.25, 0.3) is 5.91 Å². The number of pyridine rings is 1. The molecule has 126 valence electrons. The van der Waals surface area contributed by atoms with Gasteiger partial charge in [-0.3, -0.25) is 4.79 Å². The molecule has 1 N–H and O–H groups in total. The van der Waals surface area contributed by atoms with Crippen LogP contribution in [-0.2, 0) is 9.53 Å². The molecule has 0 fully saturated rings. The summed E-state index contributed by atoms with van der Waals surface area (Å²) in [5.41, 5.74) is 0.481. The van der Waals surface area contributed by atoms with Crippen molar-refractivity contribution >= 4 is 40.8 Å². The first-order chi connectivity index (χ1) is 11.5. The minimum atomic E-state index is -0.709. The molecule has 0 aliphatic carbocycles. The predicted molar refractivity (Wildman–Crippen MR) is 90.8 cm³/mol. The summed E-state index contributed by atoms with van der Waals surface area (Å²) >= 11 is 11.8. The zero-order valence-electron chi connectivity index (χ0n) is 12.7. The molecule has 2 rings (SSSR count). The number of anilines is 1. The number of halogens is 2. The molecule has 0 bridgehead atoms. The number of benzene rings is 1. The van der Waals surface area contributed by atoms with Crippen LogP contribution in [0.5, 0.6) is 5.88 Å². The summed E-state index contributed by atoms with van der Waals surface area (Å²) in [6, 6.07) is 7.72. The lowest BCUT2D eigenvalue weighted by Crippen LogP contribution is -2.21. The molecule has 0 unspecified atom stereocenters. The maximum absolute atomic E-state index is 12.0. The highest BCUT2D eigenvalue weighted by atomic mass is 35.5. The molecule has 6 nitrogen and oxygen atoms in total. The Labute approximate surface area is 148 Å². The molecule has 1 heterocycles. The second kappa shape index (κ2) is 8.52. The molecule has 1 aromatic carbocycles. The number of carbonyl (C=O) groups is 2. The largest absolute Gasteiger partial charge is 0.477 e. The first-order valence-electron chi connectivity index (χ1n) is 7.01. The van der Waals surface area contributed by atoms with E-state index in [0.717, 1.165) is 0 Å². The Morgan fingerprint density at radius 1 is 1.25 bits per heavy atom. The van der Waals surface area contributed by atoms with Crippen molar-refractivity contribution in [3.8, 4) is 5.88 Å². The van der Waals surface area contributed by atoms with Crippen molar-refractivity contribution in [1.82, 2.24) is 4.98 Å². The van der Waals surface area contributed by atoms with Gasteiger partial charge in [-0.1, -0.05) is 23.2 Å². The first-order valence-corrected chi connectivity index (χ1v) is 7.76. The highest BCUT2D eigenvalue weighted by molar-refractivity contribution is 6.35. The predicted octanol–water partition coefficient (Wildman–Crippen LogP) is 3.58. The minimum Gasteiger partial charge on any atom is -0.477 e. The number of aromatic nitrogens is 1. The maximum Gasteiger partial charge on any atom is 0.344 e. The smallest absolute Gasteiger partial charge is 0.344 e. The molecular formula is C16H14Cl2N2O4. The van der Waals surface area contributed by atoms with Gasteiger partial charge in [0.1, 0.15) is 5.56 Å². The molecule has 0 saturated carbocycles. The number of nitrogens with one attached hydrogen (secondary N) is 1. The number of hydrogen-bond acceptors (Lipinski definition) is 5. The first kappa shape index (κ1) is 18.0. The Morgan fingerprint density at radius 2 is 2.04 bits per heavy atom. The van der Waals surface area contributed by atoms with Crippen LogP contribution < -0.4 is 10.1 Å². The molecule has 1 amide bonds. The van der Waals surface area contributed by atoms with Crippen LogP contribution in [0.3, 0.4) is 0 Å². The zero-order chi connectivity index (χ0) is 17.5. The van der Waals surface area contributed by atoms with Crippen LogP contribution in [0.4, 0.5) is 5.69 Å². The fourth-order valence-electron chi connectivity index (χ4n) is 1.79. The summed E-state index contributed by atoms with van der Waals surface area (Å²) in [6.45, 7) is 1.64. The monoisotopic (exact) mass is 368 g/mol.